The largest absolute Gasteiger partial charge is 0.493 e. The number of nitrogens with zero attached hydrogens (tertiary/aromatic N) is 1. The van der Waals surface area contributed by atoms with Gasteiger partial charge in [0, 0.05) is 12.7 Å². The van der Waals surface area contributed by atoms with Gasteiger partial charge in [-0.3, -0.25) is 4.79 Å². The molecule has 0 N–H and O–H groups in total. The van der Waals surface area contributed by atoms with Crippen molar-refractivity contribution in [2.45, 2.75) is 6.92 Å². The van der Waals surface area contributed by atoms with Crippen molar-refractivity contribution in [1.29, 1.82) is 0 Å². The molecule has 0 heterocycles. The van der Waals surface area contributed by atoms with Crippen molar-refractivity contribution in [3.05, 3.63) is 59.9 Å². The molecule has 0 aromatic heterocycles. The van der Waals surface area contributed by atoms with E-state index in [1.165, 1.54) is 12.1 Å². The number of ketones is 1. The minimum Gasteiger partial charge on any atom is -0.493 e. The highest BCUT2D eigenvalue weighted by atomic mass is 19.1. The maximum absolute atomic E-state index is 13.2. The van der Waals surface area contributed by atoms with E-state index in [0.717, 1.165) is 0 Å². The first-order valence-electron chi connectivity index (χ1n) is 6.83. The molecule has 0 fully saturated rings. The van der Waals surface area contributed by atoms with E-state index in [4.69, 9.17) is 4.74 Å². The zero-order valence-corrected chi connectivity index (χ0v) is 12.2. The van der Waals surface area contributed by atoms with Crippen LogP contribution in [0.2, 0.25) is 0 Å². The van der Waals surface area contributed by atoms with Crippen molar-refractivity contribution < 1.29 is 13.9 Å². The van der Waals surface area contributed by atoms with Gasteiger partial charge >= 0.3 is 0 Å². The van der Waals surface area contributed by atoms with Crippen LogP contribution in [-0.4, -0.2) is 26.0 Å². The number of likely N-dealkylation sites (N-methyl/N-ethyl adjacent to an activating group) is 1. The topological polar surface area (TPSA) is 29.5 Å². The number of Topliss-reactive ketones (excluding diaryl/α,β-unsaturated/α-hetero) is 1. The first kappa shape index (κ1) is 15.0. The summed E-state index contributed by atoms with van der Waals surface area (Å²) in [6.07, 6.45) is 0. The summed E-state index contributed by atoms with van der Waals surface area (Å²) in [5, 5.41) is 0. The molecule has 0 spiro atoms. The molecule has 0 saturated heterocycles. The van der Waals surface area contributed by atoms with E-state index in [9.17, 15) is 9.18 Å². The highest BCUT2D eigenvalue weighted by molar-refractivity contribution is 6.01. The van der Waals surface area contributed by atoms with E-state index in [2.05, 4.69) is 0 Å². The maximum atomic E-state index is 13.2. The second-order valence-corrected chi connectivity index (χ2v) is 4.69. The monoisotopic (exact) mass is 287 g/mol. The summed E-state index contributed by atoms with van der Waals surface area (Å²) in [6.45, 7) is 2.54. The molecule has 3 nitrogen and oxygen atoms in total. The number of rotatable bonds is 6. The highest BCUT2D eigenvalue weighted by Crippen LogP contribution is 2.20. The number of benzene rings is 2. The molecule has 0 amide bonds. The number of halogens is 1. The fourth-order valence-corrected chi connectivity index (χ4v) is 2.08. The Bertz CT molecular complexity index is 628. The van der Waals surface area contributed by atoms with Crippen molar-refractivity contribution in [3.8, 4) is 5.75 Å². The lowest BCUT2D eigenvalue weighted by molar-refractivity contribution is 0.0996. The van der Waals surface area contributed by atoms with E-state index in [-0.39, 0.29) is 18.1 Å². The molecule has 0 atom stereocenters. The van der Waals surface area contributed by atoms with Crippen LogP contribution in [-0.2, 0) is 0 Å². The van der Waals surface area contributed by atoms with E-state index in [0.29, 0.717) is 23.6 Å². The van der Waals surface area contributed by atoms with Crippen molar-refractivity contribution >= 4 is 11.5 Å². The molecular formula is C17H18FNO2. The van der Waals surface area contributed by atoms with E-state index >= 15 is 0 Å². The van der Waals surface area contributed by atoms with Crippen LogP contribution in [0.3, 0.4) is 0 Å². The third kappa shape index (κ3) is 3.81. The van der Waals surface area contributed by atoms with E-state index < -0.39 is 0 Å². The summed E-state index contributed by atoms with van der Waals surface area (Å²) in [7, 11) is 1.76. The molecule has 2 rings (SSSR count). The molecule has 4 heteroatoms. The zero-order valence-electron chi connectivity index (χ0n) is 12.2. The average Bonchev–Trinajstić information content (AvgIpc) is 2.48. The summed E-state index contributed by atoms with van der Waals surface area (Å²) >= 11 is 0. The fraction of sp³-hybridized carbons (Fsp3) is 0.235. The number of anilines is 1. The maximum Gasteiger partial charge on any atom is 0.185 e. The first-order chi connectivity index (χ1) is 10.1. The van der Waals surface area contributed by atoms with Gasteiger partial charge in [0.05, 0.1) is 18.7 Å². The molecule has 0 saturated carbocycles. The minimum atomic E-state index is -0.318. The van der Waals surface area contributed by atoms with Gasteiger partial charge in [0.1, 0.15) is 11.6 Å². The van der Waals surface area contributed by atoms with Gasteiger partial charge in [-0.15, -0.1) is 0 Å². The number of ether oxygens (including phenoxy) is 1. The third-order valence-corrected chi connectivity index (χ3v) is 3.12. The van der Waals surface area contributed by atoms with Crippen LogP contribution in [0.15, 0.2) is 48.5 Å². The Hall–Kier alpha value is -2.36. The summed E-state index contributed by atoms with van der Waals surface area (Å²) < 4.78 is 18.7. The van der Waals surface area contributed by atoms with E-state index in [1.807, 2.05) is 13.0 Å². The lowest BCUT2D eigenvalue weighted by atomic mass is 10.1. The third-order valence-electron chi connectivity index (χ3n) is 3.12. The Morgan fingerprint density at radius 3 is 2.67 bits per heavy atom. The van der Waals surface area contributed by atoms with Crippen LogP contribution in [0.5, 0.6) is 5.75 Å². The normalized spacial score (nSPS) is 10.2. The van der Waals surface area contributed by atoms with Crippen molar-refractivity contribution in [2.24, 2.45) is 0 Å². The van der Waals surface area contributed by atoms with Crippen LogP contribution >= 0.6 is 0 Å². The predicted octanol–water partition coefficient (Wildman–Crippen LogP) is 3.54. The van der Waals surface area contributed by atoms with Crippen LogP contribution in [0, 0.1) is 5.82 Å². The average molecular weight is 287 g/mol. The first-order valence-corrected chi connectivity index (χ1v) is 6.83. The molecule has 0 bridgehead atoms. The Balaban J connectivity index is 2.14. The molecule has 0 unspecified atom stereocenters. The second kappa shape index (κ2) is 6.88. The van der Waals surface area contributed by atoms with Crippen molar-refractivity contribution in [3.63, 3.8) is 0 Å². The molecule has 2 aromatic carbocycles. The summed E-state index contributed by atoms with van der Waals surface area (Å²) in [5.74, 6) is 0.199. The van der Waals surface area contributed by atoms with Gasteiger partial charge in [0.25, 0.3) is 0 Å². The van der Waals surface area contributed by atoms with Crippen LogP contribution < -0.4 is 9.64 Å². The lowest BCUT2D eigenvalue weighted by Gasteiger charge is -2.19. The quantitative estimate of drug-likeness (QED) is 0.761. The van der Waals surface area contributed by atoms with E-state index in [1.54, 1.807) is 42.3 Å². The minimum absolute atomic E-state index is 0.0641. The molecular weight excluding hydrogens is 269 g/mol. The van der Waals surface area contributed by atoms with Crippen molar-refractivity contribution in [2.75, 3.05) is 25.1 Å². The van der Waals surface area contributed by atoms with Crippen LogP contribution in [0.25, 0.3) is 0 Å². The Labute approximate surface area is 124 Å². The Morgan fingerprint density at radius 2 is 1.95 bits per heavy atom. The van der Waals surface area contributed by atoms with Crippen LogP contribution in [0.1, 0.15) is 17.3 Å². The molecule has 21 heavy (non-hydrogen) atoms. The molecule has 0 aliphatic rings. The molecule has 0 aliphatic heterocycles. The molecule has 110 valence electrons. The zero-order chi connectivity index (χ0) is 15.2. The number of para-hydroxylation sites is 1. The number of carbonyl (C=O) groups excluding carboxylic acids is 1. The standard InChI is InChI=1S/C17H18FNO2/c1-3-21-17-10-5-4-9-15(17)16(20)12-19(2)14-8-6-7-13(18)11-14/h4-11H,3,12H2,1-2H3. The number of carbonyl (C=O) groups is 1. The van der Waals surface area contributed by atoms with Gasteiger partial charge < -0.3 is 9.64 Å². The lowest BCUT2D eigenvalue weighted by Crippen LogP contribution is -2.26. The molecule has 0 radical (unpaired) electrons. The van der Waals surface area contributed by atoms with Gasteiger partial charge in [-0.2, -0.15) is 0 Å². The molecule has 2 aromatic rings. The summed E-state index contributed by atoms with van der Waals surface area (Å²) in [4.78, 5) is 14.1. The summed E-state index contributed by atoms with van der Waals surface area (Å²) in [6, 6.07) is 13.3. The SMILES string of the molecule is CCOc1ccccc1C(=O)CN(C)c1cccc(F)c1. The fourth-order valence-electron chi connectivity index (χ4n) is 2.08. The van der Waals surface area contributed by atoms with Crippen LogP contribution in [0.4, 0.5) is 10.1 Å². The number of hydrogen-bond donors (Lipinski definition) is 0. The Morgan fingerprint density at radius 1 is 1.19 bits per heavy atom. The summed E-state index contributed by atoms with van der Waals surface area (Å²) in [5.41, 5.74) is 1.21. The second-order valence-electron chi connectivity index (χ2n) is 4.69. The van der Waals surface area contributed by atoms with Gasteiger partial charge in [-0.1, -0.05) is 18.2 Å². The van der Waals surface area contributed by atoms with Gasteiger partial charge in [0.2, 0.25) is 0 Å². The molecule has 0 aliphatic carbocycles. The van der Waals surface area contributed by atoms with Gasteiger partial charge in [0.15, 0.2) is 5.78 Å². The van der Waals surface area contributed by atoms with Gasteiger partial charge in [-0.05, 0) is 37.3 Å². The van der Waals surface area contributed by atoms with Crippen molar-refractivity contribution in [1.82, 2.24) is 0 Å². The highest BCUT2D eigenvalue weighted by Gasteiger charge is 2.14. The predicted molar refractivity (Wildman–Crippen MR) is 81.6 cm³/mol. The number of hydrogen-bond acceptors (Lipinski definition) is 3. The Kier molecular flexibility index (Phi) is 4.93. The smallest absolute Gasteiger partial charge is 0.185 e. The van der Waals surface area contributed by atoms with Gasteiger partial charge in [-0.25, -0.2) is 4.39 Å².